The molecule has 1 unspecified atom stereocenters. The summed E-state index contributed by atoms with van der Waals surface area (Å²) in [6.07, 6.45) is 0. The first kappa shape index (κ1) is 25.4. The highest BCUT2D eigenvalue weighted by Gasteiger charge is 2.39. The van der Waals surface area contributed by atoms with Gasteiger partial charge in [-0.3, -0.25) is 9.59 Å². The van der Waals surface area contributed by atoms with Gasteiger partial charge in [0.25, 0.3) is 11.8 Å². The number of piperazine rings is 1. The molecule has 9 heteroatoms. The van der Waals surface area contributed by atoms with Crippen LogP contribution in [0.25, 0.3) is 0 Å². The molecule has 1 fully saturated rings. The van der Waals surface area contributed by atoms with E-state index < -0.39 is 11.4 Å². The lowest BCUT2D eigenvalue weighted by Gasteiger charge is -2.46. The van der Waals surface area contributed by atoms with Gasteiger partial charge in [0.2, 0.25) is 5.84 Å². The largest absolute Gasteiger partial charge is 0.378 e. The van der Waals surface area contributed by atoms with Crippen LogP contribution in [0.1, 0.15) is 49.5 Å². The Morgan fingerprint density at radius 1 is 1.12 bits per heavy atom. The van der Waals surface area contributed by atoms with Crippen LogP contribution >= 0.6 is 11.6 Å². The number of amidine groups is 1. The highest BCUT2D eigenvalue weighted by atomic mass is 35.5. The second-order valence-electron chi connectivity index (χ2n) is 9.01. The lowest BCUT2D eigenvalue weighted by atomic mass is 9.97. The summed E-state index contributed by atoms with van der Waals surface area (Å²) in [6, 6.07) is 12.9. The molecule has 2 amide bonds. The van der Waals surface area contributed by atoms with Crippen molar-refractivity contribution in [3.63, 3.8) is 0 Å². The number of halogens is 2. The zero-order valence-electron chi connectivity index (χ0n) is 19.8. The number of hydrogen-bond acceptors (Lipinski definition) is 4. The van der Waals surface area contributed by atoms with E-state index in [4.69, 9.17) is 17.3 Å². The second-order valence-corrected chi connectivity index (χ2v) is 9.44. The SMILES string of the molecule is C/C(=N/N=C(N)C(=O)N1CCN(C(=O)c2cccc(Cl)c2)CC1(C)C)C(C)c1ccc(F)cc1. The number of carbonyl (C=O) groups excluding carboxylic acids is 2. The van der Waals surface area contributed by atoms with Crippen molar-refractivity contribution in [3.05, 3.63) is 70.5 Å². The van der Waals surface area contributed by atoms with E-state index in [2.05, 4.69) is 10.2 Å². The predicted molar refractivity (Wildman–Crippen MR) is 133 cm³/mol. The van der Waals surface area contributed by atoms with Crippen LogP contribution in [0.3, 0.4) is 0 Å². The summed E-state index contributed by atoms with van der Waals surface area (Å²) in [5.74, 6) is -1.24. The van der Waals surface area contributed by atoms with E-state index in [9.17, 15) is 14.0 Å². The van der Waals surface area contributed by atoms with Crippen LogP contribution in [0.4, 0.5) is 4.39 Å². The van der Waals surface area contributed by atoms with E-state index in [0.29, 0.717) is 35.9 Å². The van der Waals surface area contributed by atoms with Crippen LogP contribution in [0.15, 0.2) is 58.7 Å². The highest BCUT2D eigenvalue weighted by molar-refractivity contribution is 6.37. The number of benzene rings is 2. The summed E-state index contributed by atoms with van der Waals surface area (Å²) in [5, 5.41) is 8.59. The Hall–Kier alpha value is -3.26. The molecule has 1 saturated heterocycles. The minimum absolute atomic E-state index is 0.121. The van der Waals surface area contributed by atoms with Crippen molar-refractivity contribution in [3.8, 4) is 0 Å². The Balaban J connectivity index is 1.69. The maximum atomic E-state index is 13.2. The number of rotatable bonds is 4. The molecular weight excluding hydrogens is 457 g/mol. The molecule has 2 N–H and O–H groups in total. The van der Waals surface area contributed by atoms with E-state index in [-0.39, 0.29) is 23.5 Å². The Morgan fingerprint density at radius 3 is 2.41 bits per heavy atom. The predicted octanol–water partition coefficient (Wildman–Crippen LogP) is 4.08. The molecule has 1 atom stereocenters. The summed E-state index contributed by atoms with van der Waals surface area (Å²) in [6.45, 7) is 8.45. The summed E-state index contributed by atoms with van der Waals surface area (Å²) in [7, 11) is 0. The van der Waals surface area contributed by atoms with Crippen molar-refractivity contribution >= 4 is 35.0 Å². The standard InChI is InChI=1S/C25H29ClFN5O2/c1-16(18-8-10-21(27)11-9-18)17(2)29-30-22(28)24(34)32-13-12-31(15-25(32,3)4)23(33)19-6-5-7-20(26)14-19/h5-11,14,16H,12-13,15H2,1-4H3,(H2,28,30)/b29-17-. The second kappa shape index (κ2) is 10.3. The molecule has 0 radical (unpaired) electrons. The fourth-order valence-corrected chi connectivity index (χ4v) is 4.09. The zero-order valence-corrected chi connectivity index (χ0v) is 20.5. The summed E-state index contributed by atoms with van der Waals surface area (Å²) in [5.41, 5.74) is 7.34. The number of hydrogen-bond donors (Lipinski definition) is 1. The monoisotopic (exact) mass is 485 g/mol. The van der Waals surface area contributed by atoms with Crippen molar-refractivity contribution in [2.24, 2.45) is 15.9 Å². The molecule has 0 bridgehead atoms. The first-order chi connectivity index (χ1) is 16.0. The van der Waals surface area contributed by atoms with Crippen LogP contribution in [0.2, 0.25) is 5.02 Å². The third-order valence-corrected chi connectivity index (χ3v) is 6.27. The molecule has 1 heterocycles. The fraction of sp³-hybridized carbons (Fsp3) is 0.360. The van der Waals surface area contributed by atoms with Gasteiger partial charge in [-0.05, 0) is 56.7 Å². The average Bonchev–Trinajstić information content (AvgIpc) is 2.80. The number of amides is 2. The van der Waals surface area contributed by atoms with Gasteiger partial charge in [0, 0.05) is 41.8 Å². The van der Waals surface area contributed by atoms with Gasteiger partial charge in [-0.1, -0.05) is 36.7 Å². The van der Waals surface area contributed by atoms with E-state index in [1.54, 1.807) is 53.1 Å². The molecule has 180 valence electrons. The summed E-state index contributed by atoms with van der Waals surface area (Å²) >= 11 is 6.02. The van der Waals surface area contributed by atoms with E-state index in [0.717, 1.165) is 5.56 Å². The van der Waals surface area contributed by atoms with Crippen LogP contribution < -0.4 is 5.73 Å². The first-order valence-corrected chi connectivity index (χ1v) is 11.4. The molecule has 2 aromatic carbocycles. The molecular formula is C25H29ClFN5O2. The fourth-order valence-electron chi connectivity index (χ4n) is 3.90. The minimum Gasteiger partial charge on any atom is -0.378 e. The van der Waals surface area contributed by atoms with E-state index in [1.807, 2.05) is 20.8 Å². The number of nitrogens with two attached hydrogens (primary N) is 1. The van der Waals surface area contributed by atoms with Crippen LogP contribution in [-0.4, -0.2) is 58.3 Å². The van der Waals surface area contributed by atoms with E-state index >= 15 is 0 Å². The third kappa shape index (κ3) is 5.80. The molecule has 0 saturated carbocycles. The summed E-state index contributed by atoms with van der Waals surface area (Å²) < 4.78 is 13.2. The molecule has 0 spiro atoms. The van der Waals surface area contributed by atoms with Crippen molar-refractivity contribution in [2.75, 3.05) is 19.6 Å². The lowest BCUT2D eigenvalue weighted by Crippen LogP contribution is -2.63. The van der Waals surface area contributed by atoms with Crippen molar-refractivity contribution in [1.82, 2.24) is 9.80 Å². The normalized spacial score (nSPS) is 17.5. The van der Waals surface area contributed by atoms with Gasteiger partial charge in [-0.2, -0.15) is 5.10 Å². The molecule has 2 aromatic rings. The Kier molecular flexibility index (Phi) is 7.71. The molecule has 1 aliphatic heterocycles. The molecule has 0 aromatic heterocycles. The zero-order chi connectivity index (χ0) is 25.0. The van der Waals surface area contributed by atoms with Crippen LogP contribution in [-0.2, 0) is 4.79 Å². The van der Waals surface area contributed by atoms with Crippen molar-refractivity contribution in [1.29, 1.82) is 0 Å². The first-order valence-electron chi connectivity index (χ1n) is 11.0. The van der Waals surface area contributed by atoms with Gasteiger partial charge < -0.3 is 15.5 Å². The van der Waals surface area contributed by atoms with Crippen LogP contribution in [0, 0.1) is 5.82 Å². The average molecular weight is 486 g/mol. The van der Waals surface area contributed by atoms with Crippen molar-refractivity contribution in [2.45, 2.75) is 39.2 Å². The number of carbonyl (C=O) groups is 2. The minimum atomic E-state index is -0.663. The van der Waals surface area contributed by atoms with Gasteiger partial charge >= 0.3 is 0 Å². The number of nitrogens with zero attached hydrogens (tertiary/aromatic N) is 4. The molecule has 1 aliphatic rings. The Bertz CT molecular complexity index is 1130. The molecule has 34 heavy (non-hydrogen) atoms. The van der Waals surface area contributed by atoms with Gasteiger partial charge in [0.15, 0.2) is 0 Å². The van der Waals surface area contributed by atoms with E-state index in [1.165, 1.54) is 12.1 Å². The van der Waals surface area contributed by atoms with Gasteiger partial charge in [-0.25, -0.2) is 4.39 Å². The van der Waals surface area contributed by atoms with Crippen LogP contribution in [0.5, 0.6) is 0 Å². The maximum Gasteiger partial charge on any atom is 0.291 e. The maximum absolute atomic E-state index is 13.2. The Morgan fingerprint density at radius 2 is 1.79 bits per heavy atom. The van der Waals surface area contributed by atoms with Crippen molar-refractivity contribution < 1.29 is 14.0 Å². The van der Waals surface area contributed by atoms with Gasteiger partial charge in [-0.15, -0.1) is 5.10 Å². The third-order valence-electron chi connectivity index (χ3n) is 6.04. The van der Waals surface area contributed by atoms with Gasteiger partial charge in [0.05, 0.1) is 5.54 Å². The molecule has 0 aliphatic carbocycles. The summed E-state index contributed by atoms with van der Waals surface area (Å²) in [4.78, 5) is 29.3. The quantitative estimate of drug-likeness (QED) is 0.402. The molecule has 3 rings (SSSR count). The lowest BCUT2D eigenvalue weighted by molar-refractivity contribution is -0.132. The molecule has 7 nitrogen and oxygen atoms in total. The Labute approximate surface area is 204 Å². The topological polar surface area (TPSA) is 91.4 Å². The van der Waals surface area contributed by atoms with Gasteiger partial charge in [0.1, 0.15) is 5.82 Å². The highest BCUT2D eigenvalue weighted by Crippen LogP contribution is 2.24. The smallest absolute Gasteiger partial charge is 0.291 e.